The molecule has 0 saturated carbocycles. The lowest BCUT2D eigenvalue weighted by Gasteiger charge is -2.23. The average Bonchev–Trinajstić information content (AvgIpc) is 2.38. The Morgan fingerprint density at radius 1 is 1.40 bits per heavy atom. The maximum atomic E-state index is 12.1. The van der Waals surface area contributed by atoms with Crippen LogP contribution in [0.15, 0.2) is 24.3 Å². The zero-order valence-electron chi connectivity index (χ0n) is 12.1. The van der Waals surface area contributed by atoms with Gasteiger partial charge in [-0.05, 0) is 19.1 Å². The molecule has 0 aliphatic rings. The monoisotopic (exact) mass is 302 g/mol. The Morgan fingerprint density at radius 3 is 2.70 bits per heavy atom. The molecule has 0 fully saturated rings. The molecule has 6 nitrogen and oxygen atoms in total. The summed E-state index contributed by atoms with van der Waals surface area (Å²) in [6.45, 7) is 2.22. The minimum absolute atomic E-state index is 0.0792. The SMILES string of the molecule is COCC(C)N(C)S(=O)(=O)CCOc1cccc(N)c1. The van der Waals surface area contributed by atoms with Gasteiger partial charge in [0.15, 0.2) is 0 Å². The van der Waals surface area contributed by atoms with Crippen molar-refractivity contribution in [2.24, 2.45) is 0 Å². The highest BCUT2D eigenvalue weighted by molar-refractivity contribution is 7.89. The van der Waals surface area contributed by atoms with E-state index in [1.807, 2.05) is 0 Å². The number of likely N-dealkylation sites (N-methyl/N-ethyl adjacent to an activating group) is 1. The van der Waals surface area contributed by atoms with Crippen molar-refractivity contribution in [1.82, 2.24) is 4.31 Å². The first-order valence-corrected chi connectivity index (χ1v) is 7.90. The number of hydrogen-bond acceptors (Lipinski definition) is 5. The lowest BCUT2D eigenvalue weighted by Crippen LogP contribution is -2.40. The van der Waals surface area contributed by atoms with Crippen LogP contribution in [-0.2, 0) is 14.8 Å². The number of rotatable bonds is 8. The van der Waals surface area contributed by atoms with Crippen molar-refractivity contribution in [3.05, 3.63) is 24.3 Å². The van der Waals surface area contributed by atoms with Gasteiger partial charge in [0.2, 0.25) is 10.0 Å². The van der Waals surface area contributed by atoms with Crippen LogP contribution >= 0.6 is 0 Å². The van der Waals surface area contributed by atoms with Gasteiger partial charge < -0.3 is 15.2 Å². The second kappa shape index (κ2) is 7.47. The molecule has 0 bridgehead atoms. The van der Waals surface area contributed by atoms with E-state index in [4.69, 9.17) is 15.2 Å². The number of nitrogen functional groups attached to an aromatic ring is 1. The van der Waals surface area contributed by atoms with Crippen LogP contribution in [0, 0.1) is 0 Å². The van der Waals surface area contributed by atoms with Gasteiger partial charge in [0.25, 0.3) is 0 Å². The van der Waals surface area contributed by atoms with Gasteiger partial charge in [0, 0.05) is 32.0 Å². The van der Waals surface area contributed by atoms with Gasteiger partial charge in [-0.15, -0.1) is 0 Å². The quantitative estimate of drug-likeness (QED) is 0.723. The molecule has 0 saturated heterocycles. The first-order valence-electron chi connectivity index (χ1n) is 6.30. The fraction of sp³-hybridized carbons (Fsp3) is 0.538. The van der Waals surface area contributed by atoms with Crippen LogP contribution in [0.1, 0.15) is 6.92 Å². The van der Waals surface area contributed by atoms with Crippen molar-refractivity contribution < 1.29 is 17.9 Å². The van der Waals surface area contributed by atoms with Gasteiger partial charge >= 0.3 is 0 Å². The van der Waals surface area contributed by atoms with Crippen molar-refractivity contribution in [3.63, 3.8) is 0 Å². The number of ether oxygens (including phenoxy) is 2. The molecule has 0 aliphatic heterocycles. The van der Waals surface area contributed by atoms with Crippen LogP contribution in [0.5, 0.6) is 5.75 Å². The standard InChI is InChI=1S/C13H22N2O4S/c1-11(10-18-3)15(2)20(16,17)8-7-19-13-6-4-5-12(14)9-13/h4-6,9,11H,7-8,10,14H2,1-3H3. The van der Waals surface area contributed by atoms with E-state index in [1.165, 1.54) is 4.31 Å². The Labute approximate surface area is 120 Å². The third-order valence-corrected chi connectivity index (χ3v) is 4.86. The van der Waals surface area contributed by atoms with Gasteiger partial charge in [0.05, 0.1) is 12.4 Å². The zero-order chi connectivity index (χ0) is 15.2. The van der Waals surface area contributed by atoms with E-state index in [-0.39, 0.29) is 18.4 Å². The Kier molecular flexibility index (Phi) is 6.25. The molecular formula is C13H22N2O4S. The normalized spacial score (nSPS) is 13.4. The van der Waals surface area contributed by atoms with Crippen LogP contribution in [0.25, 0.3) is 0 Å². The molecular weight excluding hydrogens is 280 g/mol. The molecule has 1 aromatic rings. The summed E-state index contributed by atoms with van der Waals surface area (Å²) in [6.07, 6.45) is 0. The number of nitrogens with zero attached hydrogens (tertiary/aromatic N) is 1. The summed E-state index contributed by atoms with van der Waals surface area (Å²) < 4.78 is 35.8. The Balaban J connectivity index is 2.51. The Bertz CT molecular complexity index is 519. The second-order valence-electron chi connectivity index (χ2n) is 4.56. The summed E-state index contributed by atoms with van der Waals surface area (Å²) in [5, 5.41) is 0. The predicted molar refractivity (Wildman–Crippen MR) is 79.2 cm³/mol. The minimum Gasteiger partial charge on any atom is -0.492 e. The molecule has 0 amide bonds. The minimum atomic E-state index is -3.36. The number of anilines is 1. The fourth-order valence-electron chi connectivity index (χ4n) is 1.63. The molecule has 1 atom stereocenters. The van der Waals surface area contributed by atoms with Crippen LogP contribution < -0.4 is 10.5 Å². The number of sulfonamides is 1. The van der Waals surface area contributed by atoms with Gasteiger partial charge in [-0.3, -0.25) is 0 Å². The van der Waals surface area contributed by atoms with Crippen molar-refractivity contribution in [1.29, 1.82) is 0 Å². The first-order chi connectivity index (χ1) is 9.36. The van der Waals surface area contributed by atoms with Gasteiger partial charge in [-0.2, -0.15) is 4.31 Å². The number of benzene rings is 1. The topological polar surface area (TPSA) is 81.9 Å². The molecule has 1 unspecified atom stereocenters. The van der Waals surface area contributed by atoms with E-state index >= 15 is 0 Å². The van der Waals surface area contributed by atoms with Gasteiger partial charge in [-0.25, -0.2) is 8.42 Å². The van der Waals surface area contributed by atoms with E-state index < -0.39 is 10.0 Å². The predicted octanol–water partition coefficient (Wildman–Crippen LogP) is 0.944. The van der Waals surface area contributed by atoms with E-state index in [0.29, 0.717) is 18.0 Å². The molecule has 20 heavy (non-hydrogen) atoms. The third kappa shape index (κ3) is 4.99. The highest BCUT2D eigenvalue weighted by Crippen LogP contribution is 2.14. The summed E-state index contributed by atoms with van der Waals surface area (Å²) in [7, 11) is -0.282. The van der Waals surface area contributed by atoms with Gasteiger partial charge in [-0.1, -0.05) is 6.07 Å². The molecule has 0 aromatic heterocycles. The Morgan fingerprint density at radius 2 is 2.10 bits per heavy atom. The maximum Gasteiger partial charge on any atom is 0.217 e. The van der Waals surface area contributed by atoms with E-state index in [9.17, 15) is 8.42 Å². The smallest absolute Gasteiger partial charge is 0.217 e. The highest BCUT2D eigenvalue weighted by Gasteiger charge is 2.23. The highest BCUT2D eigenvalue weighted by atomic mass is 32.2. The lowest BCUT2D eigenvalue weighted by atomic mass is 10.3. The van der Waals surface area contributed by atoms with E-state index in [1.54, 1.807) is 45.3 Å². The lowest BCUT2D eigenvalue weighted by molar-refractivity contribution is 0.149. The molecule has 0 radical (unpaired) electrons. The molecule has 0 heterocycles. The zero-order valence-corrected chi connectivity index (χ0v) is 12.9. The largest absolute Gasteiger partial charge is 0.492 e. The molecule has 2 N–H and O–H groups in total. The summed E-state index contributed by atoms with van der Waals surface area (Å²) in [5.41, 5.74) is 6.20. The summed E-state index contributed by atoms with van der Waals surface area (Å²) in [6, 6.07) is 6.68. The van der Waals surface area contributed by atoms with Gasteiger partial charge in [0.1, 0.15) is 12.4 Å². The van der Waals surface area contributed by atoms with Crippen molar-refractivity contribution in [2.75, 3.05) is 38.9 Å². The molecule has 0 spiro atoms. The molecule has 1 rings (SSSR count). The molecule has 1 aromatic carbocycles. The summed E-state index contributed by atoms with van der Waals surface area (Å²) in [4.78, 5) is 0. The maximum absolute atomic E-state index is 12.1. The van der Waals surface area contributed by atoms with Crippen LogP contribution in [-0.4, -0.2) is 51.9 Å². The van der Waals surface area contributed by atoms with Crippen LogP contribution in [0.4, 0.5) is 5.69 Å². The molecule has 7 heteroatoms. The second-order valence-corrected chi connectivity index (χ2v) is 6.71. The van der Waals surface area contributed by atoms with Crippen LogP contribution in [0.3, 0.4) is 0 Å². The number of methoxy groups -OCH3 is 1. The van der Waals surface area contributed by atoms with Crippen LogP contribution in [0.2, 0.25) is 0 Å². The van der Waals surface area contributed by atoms with Crippen molar-refractivity contribution >= 4 is 15.7 Å². The number of nitrogens with two attached hydrogens (primary N) is 1. The fourth-order valence-corrected chi connectivity index (χ4v) is 2.82. The summed E-state index contributed by atoms with van der Waals surface area (Å²) in [5.74, 6) is 0.472. The van der Waals surface area contributed by atoms with Crippen molar-refractivity contribution in [2.45, 2.75) is 13.0 Å². The average molecular weight is 302 g/mol. The first kappa shape index (κ1) is 16.7. The van der Waals surface area contributed by atoms with E-state index in [2.05, 4.69) is 0 Å². The van der Waals surface area contributed by atoms with Crippen molar-refractivity contribution in [3.8, 4) is 5.75 Å². The molecule has 0 aliphatic carbocycles. The molecule has 114 valence electrons. The summed E-state index contributed by atoms with van der Waals surface area (Å²) >= 11 is 0. The van der Waals surface area contributed by atoms with E-state index in [0.717, 1.165) is 0 Å². The third-order valence-electron chi connectivity index (χ3n) is 2.94. The Hall–Kier alpha value is -1.31. The number of hydrogen-bond donors (Lipinski definition) is 1.